The lowest BCUT2D eigenvalue weighted by Crippen LogP contribution is -2.53. The van der Waals surface area contributed by atoms with Crippen LogP contribution in [0.2, 0.25) is 0 Å². The second-order valence-corrected chi connectivity index (χ2v) is 12.1. The van der Waals surface area contributed by atoms with Crippen LogP contribution in [0.4, 0.5) is 0 Å². The van der Waals surface area contributed by atoms with Gasteiger partial charge in [0.15, 0.2) is 5.78 Å². The molecule has 0 aliphatic carbocycles. The molecule has 0 aromatic heterocycles. The molecule has 2 aliphatic heterocycles. The van der Waals surface area contributed by atoms with Crippen molar-refractivity contribution in [3.63, 3.8) is 0 Å². The molecule has 0 saturated carbocycles. The molecule has 6 rings (SSSR count). The Labute approximate surface area is 266 Å². The van der Waals surface area contributed by atoms with E-state index in [0.29, 0.717) is 47.1 Å². The van der Waals surface area contributed by atoms with E-state index in [0.717, 1.165) is 5.56 Å². The van der Waals surface area contributed by atoms with E-state index in [1.165, 1.54) is 11.8 Å². The highest BCUT2D eigenvalue weighted by molar-refractivity contribution is 7.98. The number of carbonyl (C=O) groups is 4. The van der Waals surface area contributed by atoms with Crippen molar-refractivity contribution in [1.29, 1.82) is 0 Å². The number of nitrogens with one attached hydrogen (secondary N) is 1. The molecule has 3 atom stereocenters. The van der Waals surface area contributed by atoms with Crippen molar-refractivity contribution in [3.8, 4) is 11.5 Å². The van der Waals surface area contributed by atoms with Crippen molar-refractivity contribution < 1.29 is 23.9 Å². The Morgan fingerprint density at radius 1 is 0.800 bits per heavy atom. The van der Waals surface area contributed by atoms with E-state index in [4.69, 9.17) is 4.74 Å². The van der Waals surface area contributed by atoms with Crippen molar-refractivity contribution >= 4 is 35.3 Å². The second-order valence-electron chi connectivity index (χ2n) is 11.1. The van der Waals surface area contributed by atoms with Gasteiger partial charge in [0, 0.05) is 29.2 Å². The lowest BCUT2D eigenvalue weighted by Gasteiger charge is -2.28. The number of para-hydroxylation sites is 1. The minimum atomic E-state index is -0.879. The van der Waals surface area contributed by atoms with Crippen LogP contribution in [-0.2, 0) is 15.3 Å². The Bertz CT molecular complexity index is 1670. The molecule has 0 bridgehead atoms. The van der Waals surface area contributed by atoms with E-state index in [9.17, 15) is 19.2 Å². The van der Waals surface area contributed by atoms with Gasteiger partial charge in [-0.3, -0.25) is 19.2 Å². The zero-order chi connectivity index (χ0) is 31.2. The first kappa shape index (κ1) is 30.1. The monoisotopic (exact) mass is 619 g/mol. The van der Waals surface area contributed by atoms with Gasteiger partial charge in [0.2, 0.25) is 5.91 Å². The number of hydrogen-bond donors (Lipinski definition) is 1. The summed E-state index contributed by atoms with van der Waals surface area (Å²) in [5.41, 5.74) is 1.97. The molecule has 2 aliphatic rings. The lowest BCUT2D eigenvalue weighted by molar-refractivity contribution is -0.137. The molecule has 4 aromatic carbocycles. The number of benzene rings is 4. The van der Waals surface area contributed by atoms with Gasteiger partial charge in [-0.1, -0.05) is 72.8 Å². The maximum atomic E-state index is 14.1. The summed E-state index contributed by atoms with van der Waals surface area (Å²) in [7, 11) is 0. The Balaban J connectivity index is 1.18. The van der Waals surface area contributed by atoms with Gasteiger partial charge in [0.1, 0.15) is 23.6 Å². The van der Waals surface area contributed by atoms with Gasteiger partial charge in [-0.15, -0.1) is 0 Å². The molecule has 8 nitrogen and oxygen atoms in total. The van der Waals surface area contributed by atoms with Crippen LogP contribution in [0.1, 0.15) is 32.7 Å². The van der Waals surface area contributed by atoms with Crippen LogP contribution in [0.15, 0.2) is 115 Å². The molecular formula is C36H33N3O5S. The van der Waals surface area contributed by atoms with Crippen LogP contribution in [0.25, 0.3) is 0 Å². The van der Waals surface area contributed by atoms with Crippen LogP contribution in [-0.4, -0.2) is 70.3 Å². The van der Waals surface area contributed by atoms with E-state index in [-0.39, 0.29) is 24.1 Å². The molecule has 0 radical (unpaired) electrons. The molecule has 45 heavy (non-hydrogen) atoms. The first-order valence-electron chi connectivity index (χ1n) is 14.9. The van der Waals surface area contributed by atoms with E-state index in [1.54, 1.807) is 58.3 Å². The Kier molecular flexibility index (Phi) is 9.26. The maximum Gasteiger partial charge on any atom is 0.254 e. The number of Topliss-reactive ketones (excluding diaryl/α,β-unsaturated/α-hetero) is 1. The fourth-order valence-electron chi connectivity index (χ4n) is 5.90. The highest BCUT2D eigenvalue weighted by atomic mass is 32.2. The average molecular weight is 620 g/mol. The predicted molar refractivity (Wildman–Crippen MR) is 173 cm³/mol. The molecule has 3 unspecified atom stereocenters. The quantitative estimate of drug-likeness (QED) is 0.262. The molecule has 4 aromatic rings. The van der Waals surface area contributed by atoms with E-state index >= 15 is 0 Å². The third-order valence-corrected chi connectivity index (χ3v) is 9.17. The first-order valence-corrected chi connectivity index (χ1v) is 16.1. The van der Waals surface area contributed by atoms with Crippen molar-refractivity contribution in [2.45, 2.75) is 30.3 Å². The van der Waals surface area contributed by atoms with Gasteiger partial charge in [0.05, 0.1) is 12.6 Å². The van der Waals surface area contributed by atoms with Crippen LogP contribution >= 0.6 is 11.8 Å². The standard InChI is InChI=1S/C36H33N3O5S/c40-32-22-39(35(42)26-13-6-2-7-14-26)31-19-20-38(33(31)32)36(43)30(24-45-23-25-11-4-1-5-12-25)37-34(41)27-15-10-18-29(21-27)44-28-16-8-3-9-17-28/h1-18,21,30-31,33H,19-20,22-24H2,(H,37,41). The number of ether oxygens (including phenoxy) is 1. The summed E-state index contributed by atoms with van der Waals surface area (Å²) >= 11 is 1.54. The SMILES string of the molecule is O=C(NC(CSCc1ccccc1)C(=O)N1CCC2C1C(=O)CN2C(=O)c1ccccc1)c1cccc(Oc2ccccc2)c1. The Morgan fingerprint density at radius 2 is 1.44 bits per heavy atom. The number of ketones is 1. The van der Waals surface area contributed by atoms with Crippen LogP contribution in [0.3, 0.4) is 0 Å². The topological polar surface area (TPSA) is 96.0 Å². The van der Waals surface area contributed by atoms with Crippen molar-refractivity contribution in [1.82, 2.24) is 15.1 Å². The highest BCUT2D eigenvalue weighted by Crippen LogP contribution is 2.32. The molecular weight excluding hydrogens is 586 g/mol. The van der Waals surface area contributed by atoms with Crippen molar-refractivity contribution in [3.05, 3.63) is 132 Å². The average Bonchev–Trinajstić information content (AvgIpc) is 3.66. The number of nitrogens with zero attached hydrogens (tertiary/aromatic N) is 2. The summed E-state index contributed by atoms with van der Waals surface area (Å²) < 4.78 is 5.91. The summed E-state index contributed by atoms with van der Waals surface area (Å²) in [6.07, 6.45) is 0.497. The molecule has 2 heterocycles. The van der Waals surface area contributed by atoms with Crippen LogP contribution < -0.4 is 10.1 Å². The zero-order valence-electron chi connectivity index (χ0n) is 24.6. The Hall–Kier alpha value is -4.89. The van der Waals surface area contributed by atoms with Gasteiger partial charge in [-0.25, -0.2) is 0 Å². The molecule has 1 N–H and O–H groups in total. The largest absolute Gasteiger partial charge is 0.457 e. The van der Waals surface area contributed by atoms with E-state index in [2.05, 4.69) is 5.32 Å². The van der Waals surface area contributed by atoms with E-state index in [1.807, 2.05) is 66.7 Å². The summed E-state index contributed by atoms with van der Waals surface area (Å²) in [5, 5.41) is 2.94. The highest BCUT2D eigenvalue weighted by Gasteiger charge is 2.52. The maximum absolute atomic E-state index is 14.1. The van der Waals surface area contributed by atoms with Gasteiger partial charge in [-0.05, 0) is 54.4 Å². The molecule has 2 saturated heterocycles. The number of fused-ring (bicyclic) bond motifs is 1. The molecule has 2 fully saturated rings. The fourth-order valence-corrected chi connectivity index (χ4v) is 6.90. The van der Waals surface area contributed by atoms with E-state index < -0.39 is 24.0 Å². The van der Waals surface area contributed by atoms with Gasteiger partial charge < -0.3 is 19.9 Å². The number of rotatable bonds is 10. The number of carbonyl (C=O) groups excluding carboxylic acids is 4. The second kappa shape index (κ2) is 13.8. The number of amides is 3. The molecule has 228 valence electrons. The molecule has 0 spiro atoms. The summed E-state index contributed by atoms with van der Waals surface area (Å²) in [6, 6.07) is 32.9. The summed E-state index contributed by atoms with van der Waals surface area (Å²) in [6.45, 7) is 0.287. The van der Waals surface area contributed by atoms with Crippen LogP contribution in [0.5, 0.6) is 11.5 Å². The van der Waals surface area contributed by atoms with Crippen LogP contribution in [0, 0.1) is 0 Å². The van der Waals surface area contributed by atoms with Crippen molar-refractivity contribution in [2.24, 2.45) is 0 Å². The smallest absolute Gasteiger partial charge is 0.254 e. The molecule has 3 amide bonds. The summed E-state index contributed by atoms with van der Waals surface area (Å²) in [4.78, 5) is 57.3. The third-order valence-electron chi connectivity index (χ3n) is 8.06. The fraction of sp³-hybridized carbons (Fsp3) is 0.222. The number of hydrogen-bond acceptors (Lipinski definition) is 6. The molecule has 9 heteroatoms. The predicted octanol–water partition coefficient (Wildman–Crippen LogP) is 5.21. The minimum Gasteiger partial charge on any atom is -0.457 e. The normalized spacial score (nSPS) is 17.9. The number of thioether (sulfide) groups is 1. The van der Waals surface area contributed by atoms with Crippen molar-refractivity contribution in [2.75, 3.05) is 18.8 Å². The van der Waals surface area contributed by atoms with Gasteiger partial charge >= 0.3 is 0 Å². The Morgan fingerprint density at radius 3 is 2.18 bits per heavy atom. The minimum absolute atomic E-state index is 0.0408. The number of likely N-dealkylation sites (tertiary alicyclic amines) is 2. The third kappa shape index (κ3) is 6.94. The van der Waals surface area contributed by atoms with Gasteiger partial charge in [0.25, 0.3) is 11.8 Å². The summed E-state index contributed by atoms with van der Waals surface area (Å²) in [5.74, 6) is 0.994. The first-order chi connectivity index (χ1) is 22.0. The lowest BCUT2D eigenvalue weighted by atomic mass is 10.1. The van der Waals surface area contributed by atoms with Gasteiger partial charge in [-0.2, -0.15) is 11.8 Å². The zero-order valence-corrected chi connectivity index (χ0v) is 25.4.